The Balaban J connectivity index is 2.26. The van der Waals surface area contributed by atoms with Gasteiger partial charge in [0.05, 0.1) is 18.1 Å². The third-order valence-corrected chi connectivity index (χ3v) is 5.34. The summed E-state index contributed by atoms with van der Waals surface area (Å²) in [6.07, 6.45) is 1.43. The predicted molar refractivity (Wildman–Crippen MR) is 75.0 cm³/mol. The highest BCUT2D eigenvalue weighted by molar-refractivity contribution is 7.91. The summed E-state index contributed by atoms with van der Waals surface area (Å²) < 4.78 is 23.1. The lowest BCUT2D eigenvalue weighted by Gasteiger charge is -2.25. The van der Waals surface area contributed by atoms with Gasteiger partial charge in [0, 0.05) is 18.8 Å². The molecule has 1 aliphatic rings. The topological polar surface area (TPSA) is 70.5 Å². The molecule has 0 aliphatic carbocycles. The fourth-order valence-electron chi connectivity index (χ4n) is 2.35. The molecule has 0 spiro atoms. The molecule has 0 aromatic carbocycles. The first-order valence-corrected chi connectivity index (χ1v) is 8.31. The molecule has 1 atom stereocenters. The van der Waals surface area contributed by atoms with Crippen LogP contribution in [0.4, 0.5) is 5.82 Å². The zero-order valence-electron chi connectivity index (χ0n) is 11.3. The summed E-state index contributed by atoms with van der Waals surface area (Å²) in [5.74, 6) is 1.18. The van der Waals surface area contributed by atoms with Gasteiger partial charge in [-0.15, -0.1) is 0 Å². The number of sulfone groups is 1. The second kappa shape index (κ2) is 5.46. The van der Waals surface area contributed by atoms with E-state index in [4.69, 9.17) is 0 Å². The Morgan fingerprint density at radius 1 is 1.47 bits per heavy atom. The number of nitrogens with zero attached hydrogens (tertiary/aromatic N) is 2. The van der Waals surface area contributed by atoms with Crippen LogP contribution in [0.25, 0.3) is 0 Å². The third kappa shape index (κ3) is 3.25. The molecule has 1 aliphatic heterocycles. The van der Waals surface area contributed by atoms with Gasteiger partial charge in [0.25, 0.3) is 0 Å². The number of aliphatic hydroxyl groups excluding tert-OH is 1. The molecule has 0 radical (unpaired) electrons. The van der Waals surface area contributed by atoms with Crippen molar-refractivity contribution < 1.29 is 13.5 Å². The van der Waals surface area contributed by atoms with Gasteiger partial charge >= 0.3 is 0 Å². The lowest BCUT2D eigenvalue weighted by Crippen LogP contribution is -2.33. The van der Waals surface area contributed by atoms with Crippen LogP contribution in [0.5, 0.6) is 0 Å². The third-order valence-electron chi connectivity index (χ3n) is 3.59. The van der Waals surface area contributed by atoms with Crippen LogP contribution in [0.15, 0.2) is 12.1 Å². The molecule has 5 nitrogen and oxygen atoms in total. The summed E-state index contributed by atoms with van der Waals surface area (Å²) >= 11 is 0. The van der Waals surface area contributed by atoms with Gasteiger partial charge < -0.3 is 10.0 Å². The monoisotopic (exact) mass is 284 g/mol. The predicted octanol–water partition coefficient (Wildman–Crippen LogP) is 0.760. The van der Waals surface area contributed by atoms with E-state index in [-0.39, 0.29) is 24.2 Å². The maximum atomic E-state index is 11.5. The van der Waals surface area contributed by atoms with Gasteiger partial charge in [-0.25, -0.2) is 13.4 Å². The molecular formula is C13H20N2O3S. The largest absolute Gasteiger partial charge is 0.392 e. The van der Waals surface area contributed by atoms with Crippen molar-refractivity contribution in [2.75, 3.05) is 23.5 Å². The van der Waals surface area contributed by atoms with Crippen LogP contribution in [-0.4, -0.2) is 43.1 Å². The number of anilines is 1. The van der Waals surface area contributed by atoms with Gasteiger partial charge in [-0.3, -0.25) is 0 Å². The highest BCUT2D eigenvalue weighted by Gasteiger charge is 2.31. The Bertz CT molecular complexity index is 535. The normalized spacial score (nSPS) is 21.5. The fraction of sp³-hybridized carbons (Fsp3) is 0.615. The molecule has 2 heterocycles. The molecule has 1 fully saturated rings. The molecule has 1 aromatic heterocycles. The SMILES string of the molecule is CCc1cc(CO)cc(N(C)C2CCS(=O)(=O)C2)n1. The zero-order chi connectivity index (χ0) is 14.0. The smallest absolute Gasteiger partial charge is 0.152 e. The first kappa shape index (κ1) is 14.3. The van der Waals surface area contributed by atoms with Gasteiger partial charge in [-0.1, -0.05) is 6.92 Å². The number of aryl methyl sites for hydroxylation is 1. The summed E-state index contributed by atoms with van der Waals surface area (Å²) in [4.78, 5) is 6.43. The van der Waals surface area contributed by atoms with E-state index in [2.05, 4.69) is 4.98 Å². The molecule has 1 N–H and O–H groups in total. The number of aromatic nitrogens is 1. The maximum absolute atomic E-state index is 11.5. The average molecular weight is 284 g/mol. The van der Waals surface area contributed by atoms with E-state index < -0.39 is 9.84 Å². The van der Waals surface area contributed by atoms with Gasteiger partial charge in [0.15, 0.2) is 9.84 Å². The van der Waals surface area contributed by atoms with Crippen molar-refractivity contribution in [3.8, 4) is 0 Å². The zero-order valence-corrected chi connectivity index (χ0v) is 12.2. The molecule has 0 amide bonds. The van der Waals surface area contributed by atoms with E-state index >= 15 is 0 Å². The summed E-state index contributed by atoms with van der Waals surface area (Å²) in [6.45, 7) is 1.98. The number of rotatable bonds is 4. The van der Waals surface area contributed by atoms with Crippen LogP contribution in [0.2, 0.25) is 0 Å². The van der Waals surface area contributed by atoms with E-state index in [0.29, 0.717) is 6.42 Å². The molecular weight excluding hydrogens is 264 g/mol. The van der Waals surface area contributed by atoms with Crippen molar-refractivity contribution in [1.29, 1.82) is 0 Å². The Kier molecular flexibility index (Phi) is 4.10. The highest BCUT2D eigenvalue weighted by atomic mass is 32.2. The van der Waals surface area contributed by atoms with Crippen LogP contribution in [0.3, 0.4) is 0 Å². The highest BCUT2D eigenvalue weighted by Crippen LogP contribution is 2.23. The minimum Gasteiger partial charge on any atom is -0.392 e. The lowest BCUT2D eigenvalue weighted by molar-refractivity contribution is 0.281. The maximum Gasteiger partial charge on any atom is 0.152 e. The minimum absolute atomic E-state index is 0.0175. The molecule has 1 aromatic rings. The summed E-state index contributed by atoms with van der Waals surface area (Å²) in [6, 6.07) is 3.68. The minimum atomic E-state index is -2.90. The Labute approximate surface area is 114 Å². The van der Waals surface area contributed by atoms with Gasteiger partial charge in [-0.05, 0) is 30.5 Å². The molecule has 106 valence electrons. The second-order valence-electron chi connectivity index (χ2n) is 5.00. The van der Waals surface area contributed by atoms with Crippen molar-refractivity contribution in [2.24, 2.45) is 0 Å². The number of pyridine rings is 1. The van der Waals surface area contributed by atoms with Crippen LogP contribution < -0.4 is 4.90 Å². The lowest BCUT2D eigenvalue weighted by atomic mass is 10.1. The number of aliphatic hydroxyl groups is 1. The standard InChI is InChI=1S/C13H20N2O3S/c1-3-11-6-10(8-16)7-13(14-11)15(2)12-4-5-19(17,18)9-12/h6-7,12,16H,3-5,8-9H2,1-2H3. The summed E-state index contributed by atoms with van der Waals surface area (Å²) in [5, 5.41) is 9.27. The summed E-state index contributed by atoms with van der Waals surface area (Å²) in [7, 11) is -1.03. The van der Waals surface area contributed by atoms with Gasteiger partial charge in [0.1, 0.15) is 5.82 Å². The van der Waals surface area contributed by atoms with Crippen molar-refractivity contribution in [3.05, 3.63) is 23.4 Å². The molecule has 1 unspecified atom stereocenters. The van der Waals surface area contributed by atoms with Crippen molar-refractivity contribution >= 4 is 15.7 Å². The van der Waals surface area contributed by atoms with E-state index in [1.807, 2.05) is 31.0 Å². The van der Waals surface area contributed by atoms with Crippen LogP contribution in [0.1, 0.15) is 24.6 Å². The average Bonchev–Trinajstić information content (AvgIpc) is 2.77. The molecule has 1 saturated heterocycles. The van der Waals surface area contributed by atoms with Gasteiger partial charge in [0.2, 0.25) is 0 Å². The van der Waals surface area contributed by atoms with Crippen molar-refractivity contribution in [2.45, 2.75) is 32.4 Å². The van der Waals surface area contributed by atoms with Crippen LogP contribution >= 0.6 is 0 Å². The molecule has 0 saturated carbocycles. The van der Waals surface area contributed by atoms with Crippen LogP contribution in [-0.2, 0) is 22.9 Å². The Morgan fingerprint density at radius 2 is 2.21 bits per heavy atom. The number of hydrogen-bond donors (Lipinski definition) is 1. The molecule has 0 bridgehead atoms. The first-order chi connectivity index (χ1) is 8.95. The summed E-state index contributed by atoms with van der Waals surface area (Å²) in [5.41, 5.74) is 1.73. The van der Waals surface area contributed by atoms with E-state index in [1.165, 1.54) is 0 Å². The molecule has 2 rings (SSSR count). The van der Waals surface area contributed by atoms with Gasteiger partial charge in [-0.2, -0.15) is 0 Å². The van der Waals surface area contributed by atoms with E-state index in [1.54, 1.807) is 0 Å². The molecule has 6 heteroatoms. The number of hydrogen-bond acceptors (Lipinski definition) is 5. The van der Waals surface area contributed by atoms with E-state index in [9.17, 15) is 13.5 Å². The Hall–Kier alpha value is -1.14. The fourth-order valence-corrected chi connectivity index (χ4v) is 4.13. The molecule has 19 heavy (non-hydrogen) atoms. The second-order valence-corrected chi connectivity index (χ2v) is 7.23. The van der Waals surface area contributed by atoms with Crippen molar-refractivity contribution in [3.63, 3.8) is 0 Å². The quantitative estimate of drug-likeness (QED) is 0.884. The van der Waals surface area contributed by atoms with E-state index in [0.717, 1.165) is 23.5 Å². The van der Waals surface area contributed by atoms with Crippen LogP contribution in [0, 0.1) is 0 Å². The van der Waals surface area contributed by atoms with Crippen molar-refractivity contribution in [1.82, 2.24) is 4.98 Å². The first-order valence-electron chi connectivity index (χ1n) is 6.49. The Morgan fingerprint density at radius 3 is 2.74 bits per heavy atom.